The number of hydrogen-bond donors (Lipinski definition) is 0. The molecule has 0 saturated carbocycles. The van der Waals surface area contributed by atoms with Crippen molar-refractivity contribution in [3.63, 3.8) is 0 Å². The van der Waals surface area contributed by atoms with Gasteiger partial charge in [-0.2, -0.15) is 0 Å². The summed E-state index contributed by atoms with van der Waals surface area (Å²) in [5.41, 5.74) is 1.85. The minimum Gasteiger partial charge on any atom is -0.406 e. The summed E-state index contributed by atoms with van der Waals surface area (Å²) < 4.78 is 45.9. The number of carbonyl (C=O) groups is 1. The second-order valence-corrected chi connectivity index (χ2v) is 7.08. The van der Waals surface area contributed by atoms with E-state index in [0.717, 1.165) is 11.1 Å². The van der Waals surface area contributed by atoms with Crippen LogP contribution in [0.5, 0.6) is 5.75 Å². The van der Waals surface area contributed by atoms with Crippen LogP contribution in [0.15, 0.2) is 59.4 Å². The number of pyridine rings is 1. The molecular weight excluding hydrogens is 413 g/mol. The molecule has 0 radical (unpaired) electrons. The van der Waals surface area contributed by atoms with Crippen molar-refractivity contribution in [1.29, 1.82) is 0 Å². The number of piperazine rings is 1. The van der Waals surface area contributed by atoms with Crippen molar-refractivity contribution in [2.75, 3.05) is 26.2 Å². The van der Waals surface area contributed by atoms with Crippen molar-refractivity contribution in [3.05, 3.63) is 66.1 Å². The molecule has 162 valence electrons. The Labute approximate surface area is 176 Å². The fraction of sp³-hybridized carbons (Fsp3) is 0.286. The molecule has 0 bridgehead atoms. The third kappa shape index (κ3) is 5.40. The molecule has 3 heterocycles. The molecule has 1 aliphatic heterocycles. The summed E-state index contributed by atoms with van der Waals surface area (Å²) in [5.74, 6) is 0.0326. The van der Waals surface area contributed by atoms with E-state index < -0.39 is 6.36 Å². The quantitative estimate of drug-likeness (QED) is 0.614. The van der Waals surface area contributed by atoms with E-state index in [2.05, 4.69) is 19.8 Å². The van der Waals surface area contributed by atoms with Gasteiger partial charge in [-0.05, 0) is 29.8 Å². The third-order valence-corrected chi connectivity index (χ3v) is 4.90. The van der Waals surface area contributed by atoms with Crippen molar-refractivity contribution in [1.82, 2.24) is 19.9 Å². The highest BCUT2D eigenvalue weighted by Gasteiger charge is 2.31. The molecule has 0 unspecified atom stereocenters. The van der Waals surface area contributed by atoms with Crippen molar-refractivity contribution >= 4 is 5.91 Å². The molecular formula is C21H19F3N4O3. The van der Waals surface area contributed by atoms with Crippen LogP contribution < -0.4 is 4.74 Å². The highest BCUT2D eigenvalue weighted by atomic mass is 19.4. The number of halogens is 3. The first-order valence-electron chi connectivity index (χ1n) is 9.61. The molecule has 0 spiro atoms. The van der Waals surface area contributed by atoms with E-state index >= 15 is 0 Å². The predicted octanol–water partition coefficient (Wildman–Crippen LogP) is 3.59. The van der Waals surface area contributed by atoms with Gasteiger partial charge in [-0.15, -0.1) is 13.2 Å². The first kappa shape index (κ1) is 20.9. The monoisotopic (exact) mass is 432 g/mol. The van der Waals surface area contributed by atoms with Gasteiger partial charge in [0.05, 0.1) is 0 Å². The van der Waals surface area contributed by atoms with Gasteiger partial charge >= 0.3 is 6.36 Å². The zero-order valence-electron chi connectivity index (χ0n) is 16.4. The molecule has 1 fully saturated rings. The minimum absolute atomic E-state index is 0.202. The molecule has 1 saturated heterocycles. The van der Waals surface area contributed by atoms with Crippen LogP contribution in [0.1, 0.15) is 16.1 Å². The zero-order chi connectivity index (χ0) is 21.8. The Morgan fingerprint density at radius 1 is 1.10 bits per heavy atom. The number of aromatic nitrogens is 2. The van der Waals surface area contributed by atoms with Crippen molar-refractivity contribution < 1.29 is 27.2 Å². The van der Waals surface area contributed by atoms with Gasteiger partial charge in [-0.1, -0.05) is 17.3 Å². The summed E-state index contributed by atoms with van der Waals surface area (Å²) >= 11 is 0. The van der Waals surface area contributed by atoms with Crippen molar-refractivity contribution in [2.24, 2.45) is 0 Å². The van der Waals surface area contributed by atoms with E-state index in [-0.39, 0.29) is 17.4 Å². The average molecular weight is 432 g/mol. The van der Waals surface area contributed by atoms with Crippen LogP contribution in [-0.2, 0) is 6.54 Å². The maximum atomic E-state index is 12.7. The van der Waals surface area contributed by atoms with Gasteiger partial charge in [0, 0.05) is 56.7 Å². The molecule has 2 aromatic heterocycles. The highest BCUT2D eigenvalue weighted by Crippen LogP contribution is 2.23. The first-order valence-corrected chi connectivity index (χ1v) is 9.61. The summed E-state index contributed by atoms with van der Waals surface area (Å²) in [5, 5.41) is 3.89. The van der Waals surface area contributed by atoms with Gasteiger partial charge in [0.15, 0.2) is 11.5 Å². The van der Waals surface area contributed by atoms with Gasteiger partial charge in [0.25, 0.3) is 5.91 Å². The maximum absolute atomic E-state index is 12.7. The summed E-state index contributed by atoms with van der Waals surface area (Å²) in [6, 6.07) is 11.0. The van der Waals surface area contributed by atoms with E-state index in [0.29, 0.717) is 38.5 Å². The number of carbonyl (C=O) groups excluding carboxylic acids is 1. The van der Waals surface area contributed by atoms with Gasteiger partial charge in [-0.3, -0.25) is 14.7 Å². The standard InChI is InChI=1S/C21H19F3N4O3/c22-21(23,24)30-17-5-3-15(4-6-17)14-27-8-10-28(11-9-27)20(29)18-12-19(31-26-18)16-2-1-7-25-13-16/h1-7,12-13H,8-11,14H2. The van der Waals surface area contributed by atoms with E-state index in [1.54, 1.807) is 41.6 Å². The number of alkyl halides is 3. The summed E-state index contributed by atoms with van der Waals surface area (Å²) in [6.07, 6.45) is -1.42. The number of hydrogen-bond acceptors (Lipinski definition) is 6. The van der Waals surface area contributed by atoms with E-state index in [4.69, 9.17) is 4.52 Å². The number of ether oxygens (including phenoxy) is 1. The molecule has 1 aromatic carbocycles. The lowest BCUT2D eigenvalue weighted by molar-refractivity contribution is -0.274. The largest absolute Gasteiger partial charge is 0.573 e. The molecule has 3 aromatic rings. The lowest BCUT2D eigenvalue weighted by Crippen LogP contribution is -2.48. The summed E-state index contributed by atoms with van der Waals surface area (Å²) in [6.45, 7) is 2.88. The summed E-state index contributed by atoms with van der Waals surface area (Å²) in [7, 11) is 0. The predicted molar refractivity (Wildman–Crippen MR) is 104 cm³/mol. The second kappa shape index (κ2) is 8.76. The van der Waals surface area contributed by atoms with E-state index in [1.807, 2.05) is 6.07 Å². The Morgan fingerprint density at radius 2 is 1.84 bits per heavy atom. The Morgan fingerprint density at radius 3 is 2.48 bits per heavy atom. The van der Waals surface area contributed by atoms with E-state index in [9.17, 15) is 18.0 Å². The zero-order valence-corrected chi connectivity index (χ0v) is 16.4. The minimum atomic E-state index is -4.70. The van der Waals surface area contributed by atoms with Crippen LogP contribution in [0.4, 0.5) is 13.2 Å². The molecule has 1 aliphatic rings. The fourth-order valence-corrected chi connectivity index (χ4v) is 3.35. The Bertz CT molecular complexity index is 1010. The van der Waals surface area contributed by atoms with Crippen LogP contribution in [0.2, 0.25) is 0 Å². The van der Waals surface area contributed by atoms with Crippen LogP contribution in [0, 0.1) is 0 Å². The Balaban J connectivity index is 1.30. The molecule has 0 aliphatic carbocycles. The number of benzene rings is 1. The lowest BCUT2D eigenvalue weighted by atomic mass is 10.2. The topological polar surface area (TPSA) is 71.7 Å². The van der Waals surface area contributed by atoms with Crippen molar-refractivity contribution in [2.45, 2.75) is 12.9 Å². The molecule has 1 amide bonds. The van der Waals surface area contributed by atoms with E-state index in [1.165, 1.54) is 12.1 Å². The van der Waals surface area contributed by atoms with Gasteiger partial charge in [-0.25, -0.2) is 0 Å². The average Bonchev–Trinajstić information content (AvgIpc) is 3.25. The fourth-order valence-electron chi connectivity index (χ4n) is 3.35. The van der Waals surface area contributed by atoms with Crippen LogP contribution in [-0.4, -0.2) is 58.4 Å². The summed E-state index contributed by atoms with van der Waals surface area (Å²) in [4.78, 5) is 20.6. The molecule has 10 heteroatoms. The third-order valence-electron chi connectivity index (χ3n) is 4.90. The Kier molecular flexibility index (Phi) is 5.90. The van der Waals surface area contributed by atoms with Crippen LogP contribution >= 0.6 is 0 Å². The van der Waals surface area contributed by atoms with Gasteiger partial charge in [0.2, 0.25) is 0 Å². The molecule has 31 heavy (non-hydrogen) atoms. The number of amides is 1. The van der Waals surface area contributed by atoms with Crippen LogP contribution in [0.3, 0.4) is 0 Å². The molecule has 7 nitrogen and oxygen atoms in total. The SMILES string of the molecule is O=C(c1cc(-c2cccnc2)on1)N1CCN(Cc2ccc(OC(F)(F)F)cc2)CC1. The molecule has 0 atom stereocenters. The number of rotatable bonds is 5. The molecule has 4 rings (SSSR count). The second-order valence-electron chi connectivity index (χ2n) is 7.08. The lowest BCUT2D eigenvalue weighted by Gasteiger charge is -2.34. The maximum Gasteiger partial charge on any atom is 0.573 e. The van der Waals surface area contributed by atoms with Gasteiger partial charge < -0.3 is 14.2 Å². The highest BCUT2D eigenvalue weighted by molar-refractivity contribution is 5.93. The van der Waals surface area contributed by atoms with Crippen molar-refractivity contribution in [3.8, 4) is 17.1 Å². The number of nitrogens with zero attached hydrogens (tertiary/aromatic N) is 4. The Hall–Kier alpha value is -3.40. The first-order chi connectivity index (χ1) is 14.9. The normalized spacial score (nSPS) is 15.1. The van der Waals surface area contributed by atoms with Gasteiger partial charge in [0.1, 0.15) is 5.75 Å². The smallest absolute Gasteiger partial charge is 0.406 e. The van der Waals surface area contributed by atoms with Crippen LogP contribution in [0.25, 0.3) is 11.3 Å². The molecule has 0 N–H and O–H groups in total.